The van der Waals surface area contributed by atoms with Crippen LogP contribution in [0.15, 0.2) is 0 Å². The molecule has 0 aliphatic carbocycles. The van der Waals surface area contributed by atoms with Crippen LogP contribution in [0.5, 0.6) is 0 Å². The smallest absolute Gasteiger partial charge is 0.373 e. The van der Waals surface area contributed by atoms with Crippen molar-refractivity contribution in [3.8, 4) is 0 Å². The van der Waals surface area contributed by atoms with Crippen molar-refractivity contribution in [1.29, 1.82) is 0 Å². The van der Waals surface area contributed by atoms with Gasteiger partial charge in [-0.3, -0.25) is 4.90 Å². The Bertz CT molecular complexity index is 677. The summed E-state index contributed by atoms with van der Waals surface area (Å²) in [7, 11) is 0. The summed E-state index contributed by atoms with van der Waals surface area (Å²) in [5.74, 6) is -15.4. The maximum absolute atomic E-state index is 14.6. The van der Waals surface area contributed by atoms with E-state index in [2.05, 4.69) is 9.47 Å². The zero-order chi connectivity index (χ0) is 27.2. The SMILES string of the molecule is FC(C(F)(F)F)C(F)(F)CC1COC(C(F)(F)C(F)N2CC(C(F)(F)F)CC(C(F)(F)F)C2)CO1. The van der Waals surface area contributed by atoms with Gasteiger partial charge in [-0.15, -0.1) is 0 Å². The largest absolute Gasteiger partial charge is 0.425 e. The monoisotopic (exact) mass is 553 g/mol. The first-order chi connectivity index (χ1) is 15.6. The summed E-state index contributed by atoms with van der Waals surface area (Å²) in [6.45, 7) is -5.84. The third-order valence-electron chi connectivity index (χ3n) is 5.60. The molecule has 0 N–H and O–H groups in total. The summed E-state index contributed by atoms with van der Waals surface area (Å²) in [4.78, 5) is -0.361. The first-order valence-corrected chi connectivity index (χ1v) is 9.78. The Hall–Kier alpha value is -1.17. The van der Waals surface area contributed by atoms with E-state index in [4.69, 9.17) is 0 Å². The second kappa shape index (κ2) is 9.95. The third-order valence-corrected chi connectivity index (χ3v) is 5.60. The molecule has 0 aromatic rings. The maximum atomic E-state index is 14.6. The molecule has 6 atom stereocenters. The van der Waals surface area contributed by atoms with Gasteiger partial charge in [0, 0.05) is 19.5 Å². The van der Waals surface area contributed by atoms with Crippen LogP contribution in [0, 0.1) is 11.8 Å². The Morgan fingerprint density at radius 1 is 0.714 bits per heavy atom. The lowest BCUT2D eigenvalue weighted by Crippen LogP contribution is -2.60. The third kappa shape index (κ3) is 7.20. The average molecular weight is 553 g/mol. The number of hydrogen-bond acceptors (Lipinski definition) is 3. The molecule has 0 bridgehead atoms. The van der Waals surface area contributed by atoms with Crippen molar-refractivity contribution in [3.05, 3.63) is 0 Å². The zero-order valence-corrected chi connectivity index (χ0v) is 17.1. The van der Waals surface area contributed by atoms with Crippen LogP contribution < -0.4 is 0 Å². The fourth-order valence-electron chi connectivity index (χ4n) is 3.72. The molecular formula is C17H18F15NO2. The van der Waals surface area contributed by atoms with Gasteiger partial charge < -0.3 is 9.47 Å². The van der Waals surface area contributed by atoms with E-state index in [1.54, 1.807) is 0 Å². The van der Waals surface area contributed by atoms with Crippen molar-refractivity contribution in [3.63, 3.8) is 0 Å². The van der Waals surface area contributed by atoms with Crippen LogP contribution in [0.3, 0.4) is 0 Å². The number of hydrogen-bond donors (Lipinski definition) is 0. The maximum Gasteiger partial charge on any atom is 0.425 e. The molecule has 2 saturated heterocycles. The van der Waals surface area contributed by atoms with E-state index in [0.29, 0.717) is 0 Å². The molecule has 2 aliphatic heterocycles. The van der Waals surface area contributed by atoms with Crippen LogP contribution in [0.1, 0.15) is 12.8 Å². The highest BCUT2D eigenvalue weighted by Crippen LogP contribution is 2.44. The number of likely N-dealkylation sites (tertiary alicyclic amines) is 1. The second-order valence-corrected chi connectivity index (χ2v) is 8.32. The summed E-state index contributed by atoms with van der Waals surface area (Å²) >= 11 is 0. The Balaban J connectivity index is 2.07. The number of nitrogens with zero attached hydrogens (tertiary/aromatic N) is 1. The number of ether oxygens (including phenoxy) is 2. The van der Waals surface area contributed by atoms with Gasteiger partial charge in [0.2, 0.25) is 6.30 Å². The minimum absolute atomic E-state index is 0.361. The average Bonchev–Trinajstić information content (AvgIpc) is 2.70. The van der Waals surface area contributed by atoms with Crippen LogP contribution in [-0.2, 0) is 9.47 Å². The van der Waals surface area contributed by atoms with E-state index in [-0.39, 0.29) is 4.90 Å². The van der Waals surface area contributed by atoms with Gasteiger partial charge in [-0.05, 0) is 6.42 Å². The number of rotatable bonds is 6. The lowest BCUT2D eigenvalue weighted by Gasteiger charge is -2.44. The highest BCUT2D eigenvalue weighted by Gasteiger charge is 2.60. The molecule has 2 heterocycles. The lowest BCUT2D eigenvalue weighted by atomic mass is 9.87. The van der Waals surface area contributed by atoms with Crippen LogP contribution in [0.2, 0.25) is 0 Å². The molecule has 6 unspecified atom stereocenters. The van der Waals surface area contributed by atoms with Crippen molar-refractivity contribution < 1.29 is 75.3 Å². The highest BCUT2D eigenvalue weighted by atomic mass is 19.4. The topological polar surface area (TPSA) is 21.7 Å². The predicted octanol–water partition coefficient (Wildman–Crippen LogP) is 5.69. The van der Waals surface area contributed by atoms with Crippen molar-refractivity contribution in [2.45, 2.75) is 67.9 Å². The van der Waals surface area contributed by atoms with Gasteiger partial charge in [0.15, 0.2) is 0 Å². The Kier molecular flexibility index (Phi) is 8.54. The molecule has 2 rings (SSSR count). The molecule has 18 heteroatoms. The number of halogens is 15. The standard InChI is InChI=1S/C17H18F15NO2/c18-11(17(30,31)32)13(20,21)2-9-5-35-10(6-34-9)14(22,23)12(19)33-3-7(15(24,25)26)1-8(4-33)16(27,28)29/h7-12H,1-6H2. The van der Waals surface area contributed by atoms with E-state index < -0.39 is 106 Å². The quantitative estimate of drug-likeness (QED) is 0.312. The van der Waals surface area contributed by atoms with Crippen molar-refractivity contribution >= 4 is 0 Å². The fraction of sp³-hybridized carbons (Fsp3) is 1.00. The molecule has 0 aromatic carbocycles. The van der Waals surface area contributed by atoms with Crippen LogP contribution in [0.25, 0.3) is 0 Å². The zero-order valence-electron chi connectivity index (χ0n) is 17.1. The van der Waals surface area contributed by atoms with E-state index in [1.165, 1.54) is 0 Å². The van der Waals surface area contributed by atoms with Crippen molar-refractivity contribution in [1.82, 2.24) is 4.90 Å². The molecule has 0 saturated carbocycles. The van der Waals surface area contributed by atoms with Gasteiger partial charge in [0.05, 0.1) is 31.2 Å². The summed E-state index contributed by atoms with van der Waals surface area (Å²) in [6, 6.07) is 0. The lowest BCUT2D eigenvalue weighted by molar-refractivity contribution is -0.286. The van der Waals surface area contributed by atoms with E-state index in [0.717, 1.165) is 0 Å². The molecule has 35 heavy (non-hydrogen) atoms. The summed E-state index contributed by atoms with van der Waals surface area (Å²) in [5, 5.41) is 0. The molecule has 2 aliphatic rings. The highest BCUT2D eigenvalue weighted by molar-refractivity contribution is 4.94. The number of piperidine rings is 1. The van der Waals surface area contributed by atoms with Gasteiger partial charge in [0.1, 0.15) is 6.10 Å². The molecule has 3 nitrogen and oxygen atoms in total. The summed E-state index contributed by atoms with van der Waals surface area (Å²) < 4.78 is 207. The van der Waals surface area contributed by atoms with Gasteiger partial charge in [-0.25, -0.2) is 17.6 Å². The predicted molar refractivity (Wildman–Crippen MR) is 85.1 cm³/mol. The van der Waals surface area contributed by atoms with Gasteiger partial charge in [-0.2, -0.15) is 48.3 Å². The first-order valence-electron chi connectivity index (χ1n) is 9.78. The summed E-state index contributed by atoms with van der Waals surface area (Å²) in [5.41, 5.74) is 0. The van der Waals surface area contributed by atoms with Crippen LogP contribution >= 0.6 is 0 Å². The minimum Gasteiger partial charge on any atom is -0.373 e. The van der Waals surface area contributed by atoms with Crippen LogP contribution in [0.4, 0.5) is 65.9 Å². The molecule has 0 spiro atoms. The molecule has 0 aromatic heterocycles. The van der Waals surface area contributed by atoms with Gasteiger partial charge >= 0.3 is 24.5 Å². The molecule has 208 valence electrons. The summed E-state index contributed by atoms with van der Waals surface area (Å²) in [6.07, 6.45) is -33.0. The Morgan fingerprint density at radius 2 is 1.20 bits per heavy atom. The minimum atomic E-state index is -5.95. The van der Waals surface area contributed by atoms with Gasteiger partial charge in [-0.1, -0.05) is 0 Å². The van der Waals surface area contributed by atoms with Crippen molar-refractivity contribution in [2.75, 3.05) is 26.3 Å². The molecular weight excluding hydrogens is 535 g/mol. The van der Waals surface area contributed by atoms with E-state index in [9.17, 15) is 65.9 Å². The Morgan fingerprint density at radius 3 is 1.57 bits per heavy atom. The normalized spacial score (nSPS) is 30.3. The first kappa shape index (κ1) is 30.1. The van der Waals surface area contributed by atoms with Gasteiger partial charge in [0.25, 0.3) is 12.1 Å². The van der Waals surface area contributed by atoms with Crippen LogP contribution in [-0.4, -0.2) is 86.3 Å². The van der Waals surface area contributed by atoms with Crippen molar-refractivity contribution in [2.24, 2.45) is 11.8 Å². The molecule has 2 fully saturated rings. The molecule has 0 amide bonds. The second-order valence-electron chi connectivity index (χ2n) is 8.32. The Labute approximate surface area is 187 Å². The number of alkyl halides is 15. The fourth-order valence-corrected chi connectivity index (χ4v) is 3.72. The van der Waals surface area contributed by atoms with E-state index >= 15 is 0 Å². The van der Waals surface area contributed by atoms with E-state index in [1.807, 2.05) is 0 Å². The molecule has 0 radical (unpaired) electrons.